The number of nitrogens with zero attached hydrogens (tertiary/aromatic N) is 1. The summed E-state index contributed by atoms with van der Waals surface area (Å²) in [4.78, 5) is 9.65. The highest BCUT2D eigenvalue weighted by molar-refractivity contribution is 7.89. The fraction of sp³-hybridized carbons (Fsp3) is 0.273. The SMILES string of the molecule is C/C=C/CCNS(=O)(=O)c1ccc(Cl)c([N+](=O)[O-])c1Cl. The van der Waals surface area contributed by atoms with Crippen molar-refractivity contribution in [3.05, 3.63) is 44.4 Å². The molecule has 0 aliphatic heterocycles. The quantitative estimate of drug-likeness (QED) is 0.373. The van der Waals surface area contributed by atoms with E-state index in [2.05, 4.69) is 4.72 Å². The molecule has 9 heteroatoms. The fourth-order valence-corrected chi connectivity index (χ4v) is 3.35. The normalized spacial score (nSPS) is 11.9. The van der Waals surface area contributed by atoms with Gasteiger partial charge in [-0.25, -0.2) is 13.1 Å². The molecule has 1 aromatic carbocycles. The van der Waals surface area contributed by atoms with Gasteiger partial charge < -0.3 is 0 Å². The third-order valence-electron chi connectivity index (χ3n) is 2.34. The largest absolute Gasteiger partial charge is 0.307 e. The molecule has 0 aromatic heterocycles. The highest BCUT2D eigenvalue weighted by atomic mass is 35.5. The summed E-state index contributed by atoms with van der Waals surface area (Å²) < 4.78 is 26.3. The van der Waals surface area contributed by atoms with Gasteiger partial charge in [0.2, 0.25) is 10.0 Å². The molecule has 0 fully saturated rings. The molecule has 1 N–H and O–H groups in total. The summed E-state index contributed by atoms with van der Waals surface area (Å²) in [6.45, 7) is 1.98. The van der Waals surface area contributed by atoms with E-state index in [1.54, 1.807) is 12.2 Å². The van der Waals surface area contributed by atoms with Crippen molar-refractivity contribution in [2.24, 2.45) is 0 Å². The Morgan fingerprint density at radius 1 is 1.40 bits per heavy atom. The van der Waals surface area contributed by atoms with Crippen molar-refractivity contribution in [3.8, 4) is 0 Å². The molecule has 0 amide bonds. The first-order valence-corrected chi connectivity index (χ1v) is 7.78. The minimum Gasteiger partial charge on any atom is -0.258 e. The lowest BCUT2D eigenvalue weighted by atomic mass is 10.3. The predicted molar refractivity (Wildman–Crippen MR) is 77.7 cm³/mol. The van der Waals surface area contributed by atoms with E-state index in [1.807, 2.05) is 6.92 Å². The average Bonchev–Trinajstić information content (AvgIpc) is 2.34. The van der Waals surface area contributed by atoms with Crippen LogP contribution >= 0.6 is 23.2 Å². The maximum Gasteiger partial charge on any atom is 0.307 e. The number of hydrogen-bond acceptors (Lipinski definition) is 4. The van der Waals surface area contributed by atoms with Crippen molar-refractivity contribution in [2.45, 2.75) is 18.2 Å². The zero-order chi connectivity index (χ0) is 15.3. The Balaban J connectivity index is 3.13. The van der Waals surface area contributed by atoms with Crippen molar-refractivity contribution >= 4 is 38.9 Å². The van der Waals surface area contributed by atoms with Crippen molar-refractivity contribution in [2.75, 3.05) is 6.54 Å². The molecule has 1 aromatic rings. The predicted octanol–water partition coefficient (Wildman–Crippen LogP) is 3.15. The van der Waals surface area contributed by atoms with Crippen LogP contribution in [-0.4, -0.2) is 19.9 Å². The molecule has 0 aliphatic rings. The average molecular weight is 339 g/mol. The number of halogens is 2. The molecule has 0 saturated heterocycles. The van der Waals surface area contributed by atoms with Crippen molar-refractivity contribution in [1.29, 1.82) is 0 Å². The Bertz CT molecular complexity index is 644. The number of nitro benzene ring substituents is 1. The Morgan fingerprint density at radius 2 is 2.05 bits per heavy atom. The van der Waals surface area contributed by atoms with Crippen molar-refractivity contribution in [3.63, 3.8) is 0 Å². The van der Waals surface area contributed by atoms with Crippen LogP contribution < -0.4 is 4.72 Å². The first kappa shape index (κ1) is 16.9. The summed E-state index contributed by atoms with van der Waals surface area (Å²) in [6, 6.07) is 2.27. The van der Waals surface area contributed by atoms with Crippen LogP contribution in [0.15, 0.2) is 29.2 Å². The van der Waals surface area contributed by atoms with Gasteiger partial charge in [0.1, 0.15) is 14.9 Å². The number of sulfonamides is 1. The van der Waals surface area contributed by atoms with E-state index in [0.717, 1.165) is 12.1 Å². The number of nitrogens with one attached hydrogen (secondary N) is 1. The third-order valence-corrected chi connectivity index (χ3v) is 4.65. The van der Waals surface area contributed by atoms with Crippen LogP contribution in [0.1, 0.15) is 13.3 Å². The number of rotatable bonds is 6. The first-order chi connectivity index (χ1) is 9.31. The van der Waals surface area contributed by atoms with Gasteiger partial charge in [0.15, 0.2) is 0 Å². The van der Waals surface area contributed by atoms with E-state index < -0.39 is 25.7 Å². The van der Waals surface area contributed by atoms with Crippen LogP contribution in [0.4, 0.5) is 5.69 Å². The van der Waals surface area contributed by atoms with Gasteiger partial charge in [-0.15, -0.1) is 0 Å². The number of benzene rings is 1. The molecule has 0 unspecified atom stereocenters. The van der Waals surface area contributed by atoms with Crippen molar-refractivity contribution < 1.29 is 13.3 Å². The van der Waals surface area contributed by atoms with Crippen LogP contribution in [0.5, 0.6) is 0 Å². The lowest BCUT2D eigenvalue weighted by molar-refractivity contribution is -0.384. The molecule has 0 heterocycles. The molecule has 6 nitrogen and oxygen atoms in total. The standard InChI is InChI=1S/C11H12Cl2N2O4S/c1-2-3-4-7-14-20(18,19)9-6-5-8(12)11(10(9)13)15(16)17/h2-3,5-6,14H,4,7H2,1H3/b3-2+. The number of nitro groups is 1. The molecular weight excluding hydrogens is 327 g/mol. The maximum absolute atomic E-state index is 12.0. The molecule has 110 valence electrons. The summed E-state index contributed by atoms with van der Waals surface area (Å²) in [5.41, 5.74) is -0.621. The molecular formula is C11H12Cl2N2O4S. The van der Waals surface area contributed by atoms with Crippen LogP contribution in [0.3, 0.4) is 0 Å². The van der Waals surface area contributed by atoms with E-state index in [4.69, 9.17) is 23.2 Å². The van der Waals surface area contributed by atoms with Crippen molar-refractivity contribution in [1.82, 2.24) is 4.72 Å². The highest BCUT2D eigenvalue weighted by Gasteiger charge is 2.27. The lowest BCUT2D eigenvalue weighted by Crippen LogP contribution is -2.25. The van der Waals surface area contributed by atoms with Crippen LogP contribution in [0, 0.1) is 10.1 Å². The maximum atomic E-state index is 12.0. The van der Waals surface area contributed by atoms with E-state index in [-0.39, 0.29) is 16.5 Å². The van der Waals surface area contributed by atoms with Crippen LogP contribution in [-0.2, 0) is 10.0 Å². The second-order valence-corrected chi connectivity index (χ2v) is 6.24. The van der Waals surface area contributed by atoms with Crippen LogP contribution in [0.25, 0.3) is 0 Å². The molecule has 20 heavy (non-hydrogen) atoms. The summed E-state index contributed by atoms with van der Waals surface area (Å²) in [5, 5.41) is 10.1. The Kier molecular flexibility index (Phi) is 5.94. The third kappa shape index (κ3) is 3.92. The molecule has 0 radical (unpaired) electrons. The Labute approximate surface area is 126 Å². The second kappa shape index (κ2) is 7.03. The van der Waals surface area contributed by atoms with Crippen LogP contribution in [0.2, 0.25) is 10.0 Å². The van der Waals surface area contributed by atoms with Gasteiger partial charge in [-0.1, -0.05) is 35.4 Å². The minimum absolute atomic E-state index is 0.166. The van der Waals surface area contributed by atoms with Gasteiger partial charge >= 0.3 is 5.69 Å². The summed E-state index contributed by atoms with van der Waals surface area (Å²) in [7, 11) is -3.92. The molecule has 0 saturated carbocycles. The van der Waals surface area contributed by atoms with Gasteiger partial charge in [-0.05, 0) is 25.5 Å². The van der Waals surface area contributed by atoms with E-state index in [9.17, 15) is 18.5 Å². The summed E-state index contributed by atoms with van der Waals surface area (Å²) in [5.74, 6) is 0. The lowest BCUT2D eigenvalue weighted by Gasteiger charge is -2.08. The van der Waals surface area contributed by atoms with E-state index in [0.29, 0.717) is 6.42 Å². The van der Waals surface area contributed by atoms with Gasteiger partial charge in [0.05, 0.1) is 4.92 Å². The summed E-state index contributed by atoms with van der Waals surface area (Å²) in [6.07, 6.45) is 4.08. The zero-order valence-electron chi connectivity index (χ0n) is 10.5. The molecule has 0 spiro atoms. The van der Waals surface area contributed by atoms with Gasteiger partial charge in [-0.2, -0.15) is 0 Å². The Hall–Kier alpha value is -1.15. The second-order valence-electron chi connectivity index (χ2n) is 3.72. The molecule has 0 atom stereocenters. The monoisotopic (exact) mass is 338 g/mol. The van der Waals surface area contributed by atoms with Gasteiger partial charge in [0, 0.05) is 6.54 Å². The summed E-state index contributed by atoms with van der Waals surface area (Å²) >= 11 is 11.4. The molecule has 0 aliphatic carbocycles. The number of allylic oxidation sites excluding steroid dienone is 1. The highest BCUT2D eigenvalue weighted by Crippen LogP contribution is 2.36. The van der Waals surface area contributed by atoms with E-state index >= 15 is 0 Å². The van der Waals surface area contributed by atoms with E-state index in [1.165, 1.54) is 0 Å². The van der Waals surface area contributed by atoms with Gasteiger partial charge in [0.25, 0.3) is 0 Å². The first-order valence-electron chi connectivity index (χ1n) is 5.54. The smallest absolute Gasteiger partial charge is 0.258 e. The zero-order valence-corrected chi connectivity index (χ0v) is 12.8. The molecule has 0 bridgehead atoms. The Morgan fingerprint density at radius 3 is 2.60 bits per heavy atom. The fourth-order valence-electron chi connectivity index (χ4n) is 1.42. The molecule has 1 rings (SSSR count). The van der Waals surface area contributed by atoms with Gasteiger partial charge in [-0.3, -0.25) is 10.1 Å². The number of hydrogen-bond donors (Lipinski definition) is 1. The minimum atomic E-state index is -3.92. The topological polar surface area (TPSA) is 89.3 Å².